The lowest BCUT2D eigenvalue weighted by Gasteiger charge is -2.09. The van der Waals surface area contributed by atoms with Crippen molar-refractivity contribution in [3.8, 4) is 0 Å². The third-order valence-corrected chi connectivity index (χ3v) is 4.86. The van der Waals surface area contributed by atoms with Crippen molar-refractivity contribution in [1.82, 2.24) is 19.9 Å². The summed E-state index contributed by atoms with van der Waals surface area (Å²) in [6.07, 6.45) is 2.88. The summed E-state index contributed by atoms with van der Waals surface area (Å²) >= 11 is 0. The molecule has 0 saturated carbocycles. The Morgan fingerprint density at radius 1 is 0.730 bits per heavy atom. The van der Waals surface area contributed by atoms with Crippen LogP contribution >= 0.6 is 0 Å². The van der Waals surface area contributed by atoms with Crippen molar-refractivity contribution < 1.29 is 9.59 Å². The molecule has 0 fully saturated rings. The molecular formula is C27H32N8O2. The molecule has 0 atom stereocenters. The van der Waals surface area contributed by atoms with Crippen molar-refractivity contribution in [3.05, 3.63) is 101 Å². The molecule has 2 aromatic heterocycles. The molecule has 0 bridgehead atoms. The highest BCUT2D eigenvalue weighted by Gasteiger charge is 2.11. The SMILES string of the molecule is Cc1cccc(N)c1.Cc1cccc(Nc2nc(C)ncc2C(N)=O)c1.Cc1ncc(C(N)=O)c(C)n1. The van der Waals surface area contributed by atoms with Crippen LogP contribution in [0.3, 0.4) is 0 Å². The number of nitrogen functional groups attached to an aromatic ring is 1. The average molecular weight is 501 g/mol. The molecule has 10 nitrogen and oxygen atoms in total. The molecule has 2 amide bonds. The Labute approximate surface area is 216 Å². The van der Waals surface area contributed by atoms with Crippen LogP contribution in [0, 0.1) is 34.6 Å². The van der Waals surface area contributed by atoms with Crippen molar-refractivity contribution in [3.63, 3.8) is 0 Å². The number of benzene rings is 2. The Morgan fingerprint density at radius 2 is 1.27 bits per heavy atom. The maximum absolute atomic E-state index is 11.3. The minimum atomic E-state index is -0.551. The summed E-state index contributed by atoms with van der Waals surface area (Å²) in [5.41, 5.74) is 21.1. The molecule has 4 rings (SSSR count). The maximum Gasteiger partial charge on any atom is 0.254 e. The van der Waals surface area contributed by atoms with E-state index in [-0.39, 0.29) is 5.56 Å². The number of aryl methyl sites for hydroxylation is 5. The molecule has 37 heavy (non-hydrogen) atoms. The number of nitrogens with two attached hydrogens (primary N) is 3. The van der Waals surface area contributed by atoms with E-state index in [4.69, 9.17) is 17.2 Å². The number of hydrogen-bond acceptors (Lipinski definition) is 8. The molecule has 2 heterocycles. The number of anilines is 3. The zero-order chi connectivity index (χ0) is 27.5. The Balaban J connectivity index is 0.000000215. The predicted molar refractivity (Wildman–Crippen MR) is 145 cm³/mol. The van der Waals surface area contributed by atoms with Gasteiger partial charge in [0.25, 0.3) is 11.8 Å². The van der Waals surface area contributed by atoms with E-state index in [1.165, 1.54) is 18.0 Å². The normalized spacial score (nSPS) is 9.76. The standard InChI is InChI=1S/C13H14N4O.C7H9N3O.C7H9N/c1-8-4-3-5-10(6-8)17-13-11(12(14)18)7-15-9(2)16-13;1-4-6(7(8)11)3-9-5(2)10-4;1-6-3-2-4-7(8)5-6/h3-7H,1-2H3,(H2,14,18)(H,15,16,17);3H,1-2H3,(H2,8,11);2-5H,8H2,1H3. The molecule has 0 radical (unpaired) electrons. The number of carbonyl (C=O) groups is 2. The minimum absolute atomic E-state index is 0.280. The van der Waals surface area contributed by atoms with E-state index >= 15 is 0 Å². The van der Waals surface area contributed by atoms with Crippen LogP contribution in [-0.2, 0) is 0 Å². The van der Waals surface area contributed by atoms with Gasteiger partial charge in [0.1, 0.15) is 23.0 Å². The third-order valence-electron chi connectivity index (χ3n) is 4.86. The molecule has 10 heteroatoms. The summed E-state index contributed by atoms with van der Waals surface area (Å²) < 4.78 is 0. The minimum Gasteiger partial charge on any atom is -0.399 e. The number of primary amides is 2. The van der Waals surface area contributed by atoms with Crippen molar-refractivity contribution >= 4 is 29.0 Å². The Bertz CT molecular complexity index is 1370. The molecule has 0 unspecified atom stereocenters. The van der Waals surface area contributed by atoms with Crippen LogP contribution in [0.2, 0.25) is 0 Å². The van der Waals surface area contributed by atoms with Crippen LogP contribution in [0.5, 0.6) is 0 Å². The van der Waals surface area contributed by atoms with Gasteiger partial charge in [-0.15, -0.1) is 0 Å². The lowest BCUT2D eigenvalue weighted by Crippen LogP contribution is -2.15. The quantitative estimate of drug-likeness (QED) is 0.306. The van der Waals surface area contributed by atoms with Crippen molar-refractivity contribution in [1.29, 1.82) is 0 Å². The number of carbonyl (C=O) groups excluding carboxylic acids is 2. The van der Waals surface area contributed by atoms with E-state index in [1.54, 1.807) is 20.8 Å². The molecule has 0 saturated heterocycles. The highest BCUT2D eigenvalue weighted by atomic mass is 16.1. The summed E-state index contributed by atoms with van der Waals surface area (Å²) in [5.74, 6) is 0.621. The van der Waals surface area contributed by atoms with Gasteiger partial charge < -0.3 is 22.5 Å². The first-order valence-electron chi connectivity index (χ1n) is 11.4. The monoisotopic (exact) mass is 500 g/mol. The number of amides is 2. The molecule has 192 valence electrons. The largest absolute Gasteiger partial charge is 0.399 e. The Hall–Kier alpha value is -4.86. The van der Waals surface area contributed by atoms with E-state index in [9.17, 15) is 9.59 Å². The highest BCUT2D eigenvalue weighted by molar-refractivity contribution is 5.97. The van der Waals surface area contributed by atoms with Crippen molar-refractivity contribution in [2.75, 3.05) is 11.1 Å². The van der Waals surface area contributed by atoms with Crippen LogP contribution in [0.4, 0.5) is 17.2 Å². The third kappa shape index (κ3) is 9.36. The van der Waals surface area contributed by atoms with Gasteiger partial charge in [0.05, 0.1) is 11.3 Å². The van der Waals surface area contributed by atoms with Crippen LogP contribution in [0.25, 0.3) is 0 Å². The summed E-state index contributed by atoms with van der Waals surface area (Å²) in [6, 6.07) is 15.6. The average Bonchev–Trinajstić information content (AvgIpc) is 2.79. The Kier molecular flexibility index (Phi) is 10.2. The first-order valence-corrected chi connectivity index (χ1v) is 11.4. The van der Waals surface area contributed by atoms with Crippen LogP contribution < -0.4 is 22.5 Å². The van der Waals surface area contributed by atoms with Gasteiger partial charge in [-0.25, -0.2) is 19.9 Å². The van der Waals surface area contributed by atoms with Gasteiger partial charge in [-0.05, 0) is 70.0 Å². The number of nitrogens with zero attached hydrogens (tertiary/aromatic N) is 4. The molecule has 0 aliphatic heterocycles. The fourth-order valence-electron chi connectivity index (χ4n) is 3.10. The van der Waals surface area contributed by atoms with E-state index in [0.29, 0.717) is 28.7 Å². The summed E-state index contributed by atoms with van der Waals surface area (Å²) in [7, 11) is 0. The van der Waals surface area contributed by atoms with Crippen LogP contribution in [-0.4, -0.2) is 31.8 Å². The van der Waals surface area contributed by atoms with Gasteiger partial charge in [0.15, 0.2) is 0 Å². The zero-order valence-corrected chi connectivity index (χ0v) is 21.6. The second-order valence-electron chi connectivity index (χ2n) is 8.23. The van der Waals surface area contributed by atoms with Gasteiger partial charge in [-0.1, -0.05) is 24.3 Å². The topological polar surface area (TPSA) is 176 Å². The second kappa shape index (κ2) is 13.3. The van der Waals surface area contributed by atoms with Crippen molar-refractivity contribution in [2.45, 2.75) is 34.6 Å². The van der Waals surface area contributed by atoms with E-state index in [1.807, 2.05) is 62.4 Å². The summed E-state index contributed by atoms with van der Waals surface area (Å²) in [5, 5.41) is 3.08. The fraction of sp³-hybridized carbons (Fsp3) is 0.185. The van der Waals surface area contributed by atoms with Gasteiger partial charge in [-0.2, -0.15) is 0 Å². The number of nitrogens with one attached hydrogen (secondary N) is 1. The zero-order valence-electron chi connectivity index (χ0n) is 21.6. The highest BCUT2D eigenvalue weighted by Crippen LogP contribution is 2.19. The number of rotatable bonds is 4. The molecule has 7 N–H and O–H groups in total. The van der Waals surface area contributed by atoms with Crippen LogP contribution in [0.15, 0.2) is 60.9 Å². The molecule has 2 aromatic carbocycles. The molecule has 4 aromatic rings. The smallest absolute Gasteiger partial charge is 0.254 e. The molecule has 0 aliphatic rings. The number of aromatic nitrogens is 4. The van der Waals surface area contributed by atoms with E-state index in [2.05, 4.69) is 25.3 Å². The van der Waals surface area contributed by atoms with Crippen LogP contribution in [0.1, 0.15) is 49.2 Å². The van der Waals surface area contributed by atoms with Gasteiger partial charge in [0, 0.05) is 23.8 Å². The fourth-order valence-corrected chi connectivity index (χ4v) is 3.10. The van der Waals surface area contributed by atoms with Gasteiger partial charge in [-0.3, -0.25) is 9.59 Å². The number of hydrogen-bond donors (Lipinski definition) is 4. The first-order chi connectivity index (χ1) is 17.5. The lowest BCUT2D eigenvalue weighted by molar-refractivity contribution is 0.0991. The van der Waals surface area contributed by atoms with E-state index < -0.39 is 11.8 Å². The maximum atomic E-state index is 11.3. The van der Waals surface area contributed by atoms with Gasteiger partial charge in [0.2, 0.25) is 0 Å². The predicted octanol–water partition coefficient (Wildman–Crippen LogP) is 3.71. The molecular weight excluding hydrogens is 468 g/mol. The lowest BCUT2D eigenvalue weighted by atomic mass is 10.2. The summed E-state index contributed by atoms with van der Waals surface area (Å²) in [6.45, 7) is 9.26. The summed E-state index contributed by atoms with van der Waals surface area (Å²) in [4.78, 5) is 38.0. The Morgan fingerprint density at radius 3 is 1.76 bits per heavy atom. The van der Waals surface area contributed by atoms with Gasteiger partial charge >= 0.3 is 0 Å². The van der Waals surface area contributed by atoms with E-state index in [0.717, 1.165) is 16.9 Å². The molecule has 0 aliphatic carbocycles. The van der Waals surface area contributed by atoms with Crippen molar-refractivity contribution in [2.24, 2.45) is 11.5 Å². The first kappa shape index (κ1) is 28.4. The molecule has 0 spiro atoms. The second-order valence-corrected chi connectivity index (χ2v) is 8.23.